The molecule has 2 unspecified atom stereocenters. The van der Waals surface area contributed by atoms with Gasteiger partial charge in [-0.1, -0.05) is 13.8 Å². The summed E-state index contributed by atoms with van der Waals surface area (Å²) in [7, 11) is 0. The predicted octanol–water partition coefficient (Wildman–Crippen LogP) is 0.876. The minimum Gasteiger partial charge on any atom is -0.394 e. The van der Waals surface area contributed by atoms with Crippen LogP contribution in [0.2, 0.25) is 0 Å². The molecular formula is C10H17N3O3S. The number of aromatic nitrogens is 2. The molecular weight excluding hydrogens is 242 g/mol. The summed E-state index contributed by atoms with van der Waals surface area (Å²) in [6, 6.07) is 0. The largest absolute Gasteiger partial charge is 0.394 e. The van der Waals surface area contributed by atoms with E-state index in [0.717, 1.165) is 24.4 Å². The summed E-state index contributed by atoms with van der Waals surface area (Å²) in [4.78, 5) is 14.8. The average Bonchev–Trinajstić information content (AvgIpc) is 3.00. The van der Waals surface area contributed by atoms with Gasteiger partial charge in [0.2, 0.25) is 5.82 Å². The van der Waals surface area contributed by atoms with Crippen LogP contribution in [0.5, 0.6) is 0 Å². The van der Waals surface area contributed by atoms with Gasteiger partial charge in [0.05, 0.1) is 12.7 Å². The SMILES string of the molecule is CC.NC(=O)c1nsc(C2CCC(CO)O2)n1. The second kappa shape index (κ2) is 6.63. The van der Waals surface area contributed by atoms with Crippen molar-refractivity contribution in [3.63, 3.8) is 0 Å². The Kier molecular flexibility index (Phi) is 5.46. The molecule has 2 heterocycles. The topological polar surface area (TPSA) is 98.3 Å². The zero-order valence-electron chi connectivity index (χ0n) is 9.92. The summed E-state index contributed by atoms with van der Waals surface area (Å²) in [6.45, 7) is 4.01. The Labute approximate surface area is 104 Å². The highest BCUT2D eigenvalue weighted by Gasteiger charge is 2.29. The minimum absolute atomic E-state index is 0.0119. The standard InChI is InChI=1S/C8H11N3O3S.C2H6/c9-6(13)7-10-8(15-11-7)5-2-1-4(3-12)14-5;1-2/h4-5,12H,1-3H2,(H2,9,13);1-2H3. The molecule has 1 aliphatic rings. The first kappa shape index (κ1) is 14.0. The van der Waals surface area contributed by atoms with Crippen molar-refractivity contribution < 1.29 is 14.6 Å². The van der Waals surface area contributed by atoms with E-state index < -0.39 is 5.91 Å². The van der Waals surface area contributed by atoms with Gasteiger partial charge in [-0.25, -0.2) is 4.98 Å². The number of aliphatic hydroxyl groups excluding tert-OH is 1. The molecule has 0 bridgehead atoms. The second-order valence-corrected chi connectivity index (χ2v) is 4.11. The van der Waals surface area contributed by atoms with Crippen LogP contribution in [0.1, 0.15) is 48.4 Å². The number of nitrogens with two attached hydrogens (primary N) is 1. The maximum atomic E-state index is 10.8. The molecule has 0 spiro atoms. The van der Waals surface area contributed by atoms with Gasteiger partial charge >= 0.3 is 0 Å². The van der Waals surface area contributed by atoms with Crippen molar-refractivity contribution >= 4 is 17.4 Å². The van der Waals surface area contributed by atoms with Gasteiger partial charge in [-0.15, -0.1) is 0 Å². The number of carbonyl (C=O) groups is 1. The Morgan fingerprint density at radius 3 is 2.76 bits per heavy atom. The molecule has 0 saturated carbocycles. The molecule has 96 valence electrons. The quantitative estimate of drug-likeness (QED) is 0.839. The lowest BCUT2D eigenvalue weighted by molar-refractivity contribution is 0.0109. The van der Waals surface area contributed by atoms with E-state index >= 15 is 0 Å². The van der Waals surface area contributed by atoms with Crippen molar-refractivity contribution in [2.45, 2.75) is 38.9 Å². The summed E-state index contributed by atoms with van der Waals surface area (Å²) >= 11 is 1.12. The van der Waals surface area contributed by atoms with Crippen LogP contribution in [0.25, 0.3) is 0 Å². The Morgan fingerprint density at radius 1 is 1.59 bits per heavy atom. The van der Waals surface area contributed by atoms with Crippen LogP contribution in [-0.4, -0.2) is 33.1 Å². The number of carbonyl (C=O) groups excluding carboxylic acids is 1. The average molecular weight is 259 g/mol. The molecule has 3 N–H and O–H groups in total. The van der Waals surface area contributed by atoms with Gasteiger partial charge in [-0.2, -0.15) is 4.37 Å². The molecule has 0 aliphatic carbocycles. The maximum absolute atomic E-state index is 10.8. The van der Waals surface area contributed by atoms with Crippen molar-refractivity contribution in [3.05, 3.63) is 10.8 Å². The molecule has 2 atom stereocenters. The zero-order chi connectivity index (χ0) is 12.8. The van der Waals surface area contributed by atoms with E-state index in [1.165, 1.54) is 0 Å². The summed E-state index contributed by atoms with van der Waals surface area (Å²) in [5, 5.41) is 9.54. The fourth-order valence-corrected chi connectivity index (χ4v) is 2.22. The Balaban J connectivity index is 0.000000686. The lowest BCUT2D eigenvalue weighted by atomic mass is 10.2. The predicted molar refractivity (Wildman–Crippen MR) is 63.7 cm³/mol. The first-order valence-corrected chi connectivity index (χ1v) is 6.37. The smallest absolute Gasteiger partial charge is 0.287 e. The van der Waals surface area contributed by atoms with E-state index in [4.69, 9.17) is 15.6 Å². The van der Waals surface area contributed by atoms with Crippen LogP contribution in [0.4, 0.5) is 0 Å². The number of rotatable bonds is 3. The van der Waals surface area contributed by atoms with Crippen LogP contribution < -0.4 is 5.73 Å². The highest BCUT2D eigenvalue weighted by atomic mass is 32.1. The maximum Gasteiger partial charge on any atom is 0.287 e. The summed E-state index contributed by atoms with van der Waals surface area (Å²) in [6.07, 6.45) is 1.30. The Hall–Kier alpha value is -1.05. The number of hydrogen-bond donors (Lipinski definition) is 2. The van der Waals surface area contributed by atoms with E-state index in [0.29, 0.717) is 5.01 Å². The highest BCUT2D eigenvalue weighted by molar-refractivity contribution is 7.05. The Morgan fingerprint density at radius 2 is 2.29 bits per heavy atom. The summed E-state index contributed by atoms with van der Waals surface area (Å²) < 4.78 is 9.32. The highest BCUT2D eigenvalue weighted by Crippen LogP contribution is 2.33. The number of nitrogens with zero attached hydrogens (tertiary/aromatic N) is 2. The van der Waals surface area contributed by atoms with Crippen LogP contribution in [0.3, 0.4) is 0 Å². The molecule has 17 heavy (non-hydrogen) atoms. The number of aliphatic hydroxyl groups is 1. The molecule has 1 fully saturated rings. The lowest BCUT2D eigenvalue weighted by Crippen LogP contribution is -2.13. The van der Waals surface area contributed by atoms with Crippen LogP contribution in [-0.2, 0) is 4.74 Å². The number of hydrogen-bond acceptors (Lipinski definition) is 6. The molecule has 1 aromatic heterocycles. The normalized spacial score (nSPS) is 23.0. The van der Waals surface area contributed by atoms with Gasteiger partial charge in [0, 0.05) is 0 Å². The van der Waals surface area contributed by atoms with Crippen molar-refractivity contribution in [3.8, 4) is 0 Å². The molecule has 2 rings (SSSR count). The molecule has 1 amide bonds. The molecule has 1 saturated heterocycles. The molecule has 1 aromatic rings. The fourth-order valence-electron chi connectivity index (χ4n) is 1.49. The van der Waals surface area contributed by atoms with Gasteiger partial charge in [0.25, 0.3) is 5.91 Å². The summed E-state index contributed by atoms with van der Waals surface area (Å²) in [5.41, 5.74) is 5.04. The minimum atomic E-state index is -0.630. The van der Waals surface area contributed by atoms with E-state index in [9.17, 15) is 4.79 Å². The van der Waals surface area contributed by atoms with Crippen molar-refractivity contribution in [2.75, 3.05) is 6.61 Å². The fraction of sp³-hybridized carbons (Fsp3) is 0.700. The molecule has 0 aromatic carbocycles. The zero-order valence-corrected chi connectivity index (χ0v) is 10.7. The first-order valence-electron chi connectivity index (χ1n) is 5.60. The number of amides is 1. The first-order chi connectivity index (χ1) is 8.20. The third-order valence-electron chi connectivity index (χ3n) is 2.25. The van der Waals surface area contributed by atoms with Crippen LogP contribution >= 0.6 is 11.5 Å². The van der Waals surface area contributed by atoms with E-state index in [-0.39, 0.29) is 24.6 Å². The number of ether oxygens (including phenoxy) is 1. The van der Waals surface area contributed by atoms with E-state index in [1.54, 1.807) is 0 Å². The molecule has 7 heteroatoms. The van der Waals surface area contributed by atoms with Gasteiger partial charge in [0.1, 0.15) is 11.1 Å². The lowest BCUT2D eigenvalue weighted by Gasteiger charge is -2.07. The second-order valence-electron chi connectivity index (χ2n) is 3.33. The van der Waals surface area contributed by atoms with Gasteiger partial charge < -0.3 is 15.6 Å². The van der Waals surface area contributed by atoms with Gasteiger partial charge in [-0.3, -0.25) is 4.79 Å². The van der Waals surface area contributed by atoms with Crippen molar-refractivity contribution in [1.29, 1.82) is 0 Å². The Bertz CT molecular complexity index is 369. The summed E-state index contributed by atoms with van der Waals surface area (Å²) in [5.74, 6) is -0.597. The monoisotopic (exact) mass is 259 g/mol. The third-order valence-corrected chi connectivity index (χ3v) is 3.05. The van der Waals surface area contributed by atoms with Crippen molar-refractivity contribution in [1.82, 2.24) is 9.36 Å². The molecule has 0 radical (unpaired) electrons. The van der Waals surface area contributed by atoms with Gasteiger partial charge in [-0.05, 0) is 24.4 Å². The molecule has 1 aliphatic heterocycles. The van der Waals surface area contributed by atoms with Crippen LogP contribution in [0, 0.1) is 0 Å². The van der Waals surface area contributed by atoms with Crippen molar-refractivity contribution in [2.24, 2.45) is 5.73 Å². The van der Waals surface area contributed by atoms with Crippen LogP contribution in [0.15, 0.2) is 0 Å². The van der Waals surface area contributed by atoms with E-state index in [1.807, 2.05) is 13.8 Å². The third kappa shape index (κ3) is 3.45. The van der Waals surface area contributed by atoms with E-state index in [2.05, 4.69) is 9.36 Å². The van der Waals surface area contributed by atoms with Gasteiger partial charge in [0.15, 0.2) is 0 Å². The molecule has 6 nitrogen and oxygen atoms in total. The number of primary amides is 1.